The summed E-state index contributed by atoms with van der Waals surface area (Å²) in [5.74, 6) is 0.265. The van der Waals surface area contributed by atoms with E-state index >= 15 is 0 Å². The van der Waals surface area contributed by atoms with Gasteiger partial charge in [0.15, 0.2) is 5.82 Å². The van der Waals surface area contributed by atoms with E-state index in [1.54, 1.807) is 33.0 Å². The predicted molar refractivity (Wildman–Crippen MR) is 137 cm³/mol. The molecule has 2 aromatic heterocycles. The topological polar surface area (TPSA) is 147 Å². The highest BCUT2D eigenvalue weighted by Gasteiger charge is 2.28. The first-order valence-electron chi connectivity index (χ1n) is 12.4. The minimum atomic E-state index is -0.595. The molecule has 0 unspecified atom stereocenters. The molecule has 1 fully saturated rings. The lowest BCUT2D eigenvalue weighted by Crippen LogP contribution is -2.40. The van der Waals surface area contributed by atoms with E-state index in [-0.39, 0.29) is 42.3 Å². The van der Waals surface area contributed by atoms with Gasteiger partial charge in [0, 0.05) is 36.5 Å². The predicted octanol–water partition coefficient (Wildman–Crippen LogP) is 3.50. The largest absolute Gasteiger partial charge is 0.444 e. The van der Waals surface area contributed by atoms with E-state index < -0.39 is 11.7 Å². The summed E-state index contributed by atoms with van der Waals surface area (Å²) in [6, 6.07) is 1.88. The van der Waals surface area contributed by atoms with Gasteiger partial charge in [0.1, 0.15) is 11.1 Å². The van der Waals surface area contributed by atoms with Crippen molar-refractivity contribution in [3.63, 3.8) is 0 Å². The van der Waals surface area contributed by atoms with Crippen LogP contribution in [0.3, 0.4) is 0 Å². The van der Waals surface area contributed by atoms with Crippen LogP contribution in [-0.4, -0.2) is 50.5 Å². The lowest BCUT2D eigenvalue weighted by molar-refractivity contribution is -0.123. The van der Waals surface area contributed by atoms with Gasteiger partial charge in [0.2, 0.25) is 17.8 Å². The van der Waals surface area contributed by atoms with Crippen LogP contribution in [0.5, 0.6) is 0 Å². The van der Waals surface area contributed by atoms with Crippen LogP contribution >= 0.6 is 0 Å². The van der Waals surface area contributed by atoms with E-state index in [9.17, 15) is 14.4 Å². The standard InChI is InChI=1S/C25H37N7O4/c1-14(2)28-21-20-17(11-19(30-21)13-27-24(35)36-25(4,5)6)12-26-23(31-20)32-22(34)16-8-7-9-18(10-16)29-15(3)33/h11-12,14,16,18H,7-10,13H2,1-6H3,(H,27,35)(H,28,30)(H,29,33)(H,26,31,32,34)/t16-,18+/m0/s1. The fourth-order valence-corrected chi connectivity index (χ4v) is 4.16. The Kier molecular flexibility index (Phi) is 8.65. The molecular weight excluding hydrogens is 462 g/mol. The van der Waals surface area contributed by atoms with Crippen LogP contribution in [0.25, 0.3) is 10.9 Å². The van der Waals surface area contributed by atoms with Gasteiger partial charge in [0.05, 0.1) is 12.2 Å². The number of fused-ring (bicyclic) bond motifs is 1. The van der Waals surface area contributed by atoms with Crippen molar-refractivity contribution in [2.45, 2.75) is 91.5 Å². The van der Waals surface area contributed by atoms with Crippen molar-refractivity contribution < 1.29 is 19.1 Å². The second kappa shape index (κ2) is 11.5. The van der Waals surface area contributed by atoms with Gasteiger partial charge in [0.25, 0.3) is 0 Å². The summed E-state index contributed by atoms with van der Waals surface area (Å²) in [5, 5.41) is 12.5. The molecule has 36 heavy (non-hydrogen) atoms. The molecule has 2 heterocycles. The molecule has 2 atom stereocenters. The van der Waals surface area contributed by atoms with Crippen molar-refractivity contribution in [2.24, 2.45) is 5.92 Å². The lowest BCUT2D eigenvalue weighted by Gasteiger charge is -2.28. The highest BCUT2D eigenvalue weighted by molar-refractivity contribution is 5.94. The fourth-order valence-electron chi connectivity index (χ4n) is 4.16. The molecule has 2 aromatic rings. The van der Waals surface area contributed by atoms with Crippen LogP contribution in [0.4, 0.5) is 16.6 Å². The number of ether oxygens (including phenoxy) is 1. The summed E-state index contributed by atoms with van der Waals surface area (Å²) >= 11 is 0. The SMILES string of the molecule is CC(=O)N[C@@H]1CCC[C@H](C(=O)Nc2ncc3cc(CNC(=O)OC(C)(C)C)nc(NC(C)C)c3n2)C1. The molecule has 0 aromatic carbocycles. The molecule has 11 nitrogen and oxygen atoms in total. The van der Waals surface area contributed by atoms with Crippen molar-refractivity contribution in [2.75, 3.05) is 10.6 Å². The smallest absolute Gasteiger partial charge is 0.407 e. The second-order valence-electron chi connectivity index (χ2n) is 10.5. The Morgan fingerprint density at radius 3 is 2.58 bits per heavy atom. The molecule has 3 rings (SSSR count). The van der Waals surface area contributed by atoms with Crippen molar-refractivity contribution in [1.82, 2.24) is 25.6 Å². The van der Waals surface area contributed by atoms with Gasteiger partial charge in [-0.15, -0.1) is 0 Å². The Balaban J connectivity index is 1.76. The number of amides is 3. The average molecular weight is 500 g/mol. The maximum absolute atomic E-state index is 12.9. The van der Waals surface area contributed by atoms with Crippen LogP contribution < -0.4 is 21.3 Å². The molecule has 1 saturated carbocycles. The fraction of sp³-hybridized carbons (Fsp3) is 0.600. The van der Waals surface area contributed by atoms with Crippen LogP contribution in [-0.2, 0) is 20.9 Å². The van der Waals surface area contributed by atoms with E-state index in [4.69, 9.17) is 4.74 Å². The third-order valence-electron chi connectivity index (χ3n) is 5.54. The van der Waals surface area contributed by atoms with Crippen molar-refractivity contribution in [3.8, 4) is 0 Å². The number of carbonyl (C=O) groups excluding carboxylic acids is 3. The Morgan fingerprint density at radius 1 is 1.17 bits per heavy atom. The highest BCUT2D eigenvalue weighted by Crippen LogP contribution is 2.26. The normalized spacial score (nSPS) is 18.0. The van der Waals surface area contributed by atoms with E-state index in [0.717, 1.165) is 24.6 Å². The lowest BCUT2D eigenvalue weighted by atomic mass is 9.85. The summed E-state index contributed by atoms with van der Waals surface area (Å²) in [6.07, 6.45) is 4.19. The Labute approximate surface area is 211 Å². The molecule has 0 radical (unpaired) electrons. The minimum Gasteiger partial charge on any atom is -0.444 e. The van der Waals surface area contributed by atoms with Crippen molar-refractivity contribution in [3.05, 3.63) is 18.0 Å². The first kappa shape index (κ1) is 27.1. The number of carbonyl (C=O) groups is 3. The van der Waals surface area contributed by atoms with E-state index in [1.165, 1.54) is 6.92 Å². The monoisotopic (exact) mass is 499 g/mol. The first-order valence-corrected chi connectivity index (χ1v) is 12.4. The van der Waals surface area contributed by atoms with Gasteiger partial charge in [-0.1, -0.05) is 6.42 Å². The number of hydrogen-bond acceptors (Lipinski definition) is 8. The summed E-state index contributed by atoms with van der Waals surface area (Å²) in [7, 11) is 0. The number of pyridine rings is 1. The van der Waals surface area contributed by atoms with E-state index in [2.05, 4.69) is 36.2 Å². The summed E-state index contributed by atoms with van der Waals surface area (Å²) in [4.78, 5) is 49.9. The van der Waals surface area contributed by atoms with Gasteiger partial charge < -0.3 is 20.7 Å². The van der Waals surface area contributed by atoms with Crippen LogP contribution in [0.15, 0.2) is 12.3 Å². The average Bonchev–Trinajstić information content (AvgIpc) is 2.76. The zero-order chi connectivity index (χ0) is 26.5. The quantitative estimate of drug-likeness (QED) is 0.452. The molecule has 3 amide bonds. The first-order chi connectivity index (χ1) is 16.9. The summed E-state index contributed by atoms with van der Waals surface area (Å²) in [5.41, 5.74) is 0.584. The van der Waals surface area contributed by atoms with E-state index in [1.807, 2.05) is 13.8 Å². The molecule has 1 aliphatic rings. The number of alkyl carbamates (subject to hydrolysis) is 1. The van der Waals surface area contributed by atoms with Crippen LogP contribution in [0, 0.1) is 5.92 Å². The highest BCUT2D eigenvalue weighted by atomic mass is 16.6. The van der Waals surface area contributed by atoms with Gasteiger partial charge in [-0.25, -0.2) is 19.7 Å². The number of nitrogens with one attached hydrogen (secondary N) is 4. The Hall–Kier alpha value is -3.50. The third-order valence-corrected chi connectivity index (χ3v) is 5.54. The Bertz CT molecular complexity index is 1110. The number of nitrogens with zero attached hydrogens (tertiary/aromatic N) is 3. The zero-order valence-corrected chi connectivity index (χ0v) is 21.9. The van der Waals surface area contributed by atoms with Gasteiger partial charge in [-0.3, -0.25) is 14.9 Å². The van der Waals surface area contributed by atoms with Crippen LogP contribution in [0.2, 0.25) is 0 Å². The number of aromatic nitrogens is 3. The maximum Gasteiger partial charge on any atom is 0.407 e. The van der Waals surface area contributed by atoms with Crippen molar-refractivity contribution in [1.29, 1.82) is 0 Å². The summed E-state index contributed by atoms with van der Waals surface area (Å²) in [6.45, 7) is 11.0. The van der Waals surface area contributed by atoms with Gasteiger partial charge in [-0.05, 0) is 59.9 Å². The van der Waals surface area contributed by atoms with Gasteiger partial charge >= 0.3 is 6.09 Å². The molecule has 4 N–H and O–H groups in total. The molecule has 0 bridgehead atoms. The zero-order valence-electron chi connectivity index (χ0n) is 21.9. The molecular formula is C25H37N7O4. The van der Waals surface area contributed by atoms with Gasteiger partial charge in [-0.2, -0.15) is 0 Å². The number of rotatable bonds is 7. The van der Waals surface area contributed by atoms with Crippen molar-refractivity contribution >= 4 is 40.6 Å². The summed E-state index contributed by atoms with van der Waals surface area (Å²) < 4.78 is 5.29. The minimum absolute atomic E-state index is 0.00303. The molecule has 0 aliphatic heterocycles. The molecule has 11 heteroatoms. The maximum atomic E-state index is 12.9. The molecule has 0 saturated heterocycles. The molecule has 196 valence electrons. The number of hydrogen-bond donors (Lipinski definition) is 4. The second-order valence-corrected chi connectivity index (χ2v) is 10.5. The third kappa shape index (κ3) is 8.03. The molecule has 0 spiro atoms. The van der Waals surface area contributed by atoms with Crippen LogP contribution in [0.1, 0.15) is 72.9 Å². The Morgan fingerprint density at radius 2 is 1.92 bits per heavy atom. The molecule has 1 aliphatic carbocycles. The van der Waals surface area contributed by atoms with E-state index in [0.29, 0.717) is 23.4 Å². The number of anilines is 2.